The summed E-state index contributed by atoms with van der Waals surface area (Å²) in [6.45, 7) is 6.02. The Hall–Kier alpha value is -1.46. The summed E-state index contributed by atoms with van der Waals surface area (Å²) in [5, 5.41) is 4.71. The van der Waals surface area contributed by atoms with Crippen LogP contribution in [0.15, 0.2) is 36.4 Å². The first-order chi connectivity index (χ1) is 14.7. The van der Waals surface area contributed by atoms with E-state index < -0.39 is 6.04 Å². The standard InChI is InChI=1S/C23H26Cl4N2O2/c1-4-14(3)28-23(31)21(5-2)29(13-15-6-9-18(25)20(27)10-15)22(30)11-16-7-8-17(24)12-19(16)26/h6-10,12,14,21H,4-5,11,13H2,1-3H3,(H,28,31). The number of nitrogens with zero attached hydrogens (tertiary/aromatic N) is 1. The van der Waals surface area contributed by atoms with Gasteiger partial charge in [0.25, 0.3) is 0 Å². The first-order valence-electron chi connectivity index (χ1n) is 10.1. The van der Waals surface area contributed by atoms with Crippen molar-refractivity contribution in [2.45, 2.75) is 58.7 Å². The molecule has 0 saturated heterocycles. The quantitative estimate of drug-likeness (QED) is 0.421. The van der Waals surface area contributed by atoms with Gasteiger partial charge in [-0.3, -0.25) is 9.59 Å². The molecule has 2 aromatic carbocycles. The third kappa shape index (κ3) is 7.28. The second-order valence-corrected chi connectivity index (χ2v) is 9.08. The fourth-order valence-electron chi connectivity index (χ4n) is 3.12. The maximum absolute atomic E-state index is 13.4. The first kappa shape index (κ1) is 25.8. The van der Waals surface area contributed by atoms with Gasteiger partial charge < -0.3 is 10.2 Å². The van der Waals surface area contributed by atoms with Gasteiger partial charge in [0.15, 0.2) is 0 Å². The minimum atomic E-state index is -0.637. The van der Waals surface area contributed by atoms with Crippen molar-refractivity contribution in [3.05, 3.63) is 67.6 Å². The average Bonchev–Trinajstić information content (AvgIpc) is 2.72. The molecule has 2 aromatic rings. The van der Waals surface area contributed by atoms with Crippen LogP contribution in [0.5, 0.6) is 0 Å². The van der Waals surface area contributed by atoms with Crippen molar-refractivity contribution < 1.29 is 9.59 Å². The predicted octanol–water partition coefficient (Wildman–Crippen LogP) is 6.56. The lowest BCUT2D eigenvalue weighted by molar-refractivity contribution is -0.141. The summed E-state index contributed by atoms with van der Waals surface area (Å²) in [4.78, 5) is 27.9. The number of nitrogens with one attached hydrogen (secondary N) is 1. The molecule has 0 aliphatic carbocycles. The van der Waals surface area contributed by atoms with Crippen molar-refractivity contribution in [1.29, 1.82) is 0 Å². The molecule has 31 heavy (non-hydrogen) atoms. The van der Waals surface area contributed by atoms with Gasteiger partial charge in [-0.2, -0.15) is 0 Å². The fourth-order valence-corrected chi connectivity index (χ4v) is 3.92. The van der Waals surface area contributed by atoms with Crippen LogP contribution in [-0.4, -0.2) is 28.8 Å². The summed E-state index contributed by atoms with van der Waals surface area (Å²) in [5.41, 5.74) is 1.42. The van der Waals surface area contributed by atoms with E-state index in [-0.39, 0.29) is 30.8 Å². The van der Waals surface area contributed by atoms with E-state index in [1.54, 1.807) is 41.3 Å². The van der Waals surface area contributed by atoms with Gasteiger partial charge in [0.2, 0.25) is 11.8 Å². The minimum absolute atomic E-state index is 0.00851. The van der Waals surface area contributed by atoms with E-state index >= 15 is 0 Å². The van der Waals surface area contributed by atoms with Gasteiger partial charge in [-0.25, -0.2) is 0 Å². The zero-order valence-electron chi connectivity index (χ0n) is 17.7. The third-order valence-electron chi connectivity index (χ3n) is 5.08. The van der Waals surface area contributed by atoms with Gasteiger partial charge in [-0.15, -0.1) is 0 Å². The Bertz CT molecular complexity index is 936. The smallest absolute Gasteiger partial charge is 0.243 e. The van der Waals surface area contributed by atoms with E-state index in [9.17, 15) is 9.59 Å². The normalized spacial score (nSPS) is 12.9. The van der Waals surface area contributed by atoms with Crippen LogP contribution in [-0.2, 0) is 22.6 Å². The summed E-state index contributed by atoms with van der Waals surface area (Å²) in [5.74, 6) is -0.408. The van der Waals surface area contributed by atoms with E-state index in [1.807, 2.05) is 20.8 Å². The summed E-state index contributed by atoms with van der Waals surface area (Å²) in [6, 6.07) is 9.56. The van der Waals surface area contributed by atoms with Crippen LogP contribution >= 0.6 is 46.4 Å². The second kappa shape index (κ2) is 12.0. The Labute approximate surface area is 203 Å². The first-order valence-corrected chi connectivity index (χ1v) is 11.6. The molecule has 0 heterocycles. The van der Waals surface area contributed by atoms with Gasteiger partial charge >= 0.3 is 0 Å². The Kier molecular flexibility index (Phi) is 9.95. The molecule has 0 aliphatic heterocycles. The number of carbonyl (C=O) groups is 2. The van der Waals surface area contributed by atoms with Crippen LogP contribution in [0.3, 0.4) is 0 Å². The van der Waals surface area contributed by atoms with Crippen LogP contribution in [0.25, 0.3) is 0 Å². The number of hydrogen-bond donors (Lipinski definition) is 1. The molecular weight excluding hydrogens is 478 g/mol. The van der Waals surface area contributed by atoms with E-state index in [1.165, 1.54) is 0 Å². The number of amides is 2. The number of benzene rings is 2. The highest BCUT2D eigenvalue weighted by molar-refractivity contribution is 6.42. The monoisotopic (exact) mass is 502 g/mol. The number of carbonyl (C=O) groups excluding carboxylic acids is 2. The van der Waals surface area contributed by atoms with Crippen LogP contribution in [0.2, 0.25) is 20.1 Å². The van der Waals surface area contributed by atoms with Crippen molar-refractivity contribution in [1.82, 2.24) is 10.2 Å². The molecule has 0 fully saturated rings. The SMILES string of the molecule is CCC(C)NC(=O)C(CC)N(Cc1ccc(Cl)c(Cl)c1)C(=O)Cc1ccc(Cl)cc1Cl. The lowest BCUT2D eigenvalue weighted by Gasteiger charge is -2.31. The third-order valence-corrected chi connectivity index (χ3v) is 6.41. The van der Waals surface area contributed by atoms with Crippen molar-refractivity contribution >= 4 is 58.2 Å². The van der Waals surface area contributed by atoms with E-state index in [0.29, 0.717) is 32.1 Å². The van der Waals surface area contributed by atoms with Gasteiger partial charge in [-0.1, -0.05) is 72.4 Å². The highest BCUT2D eigenvalue weighted by Gasteiger charge is 2.29. The van der Waals surface area contributed by atoms with Gasteiger partial charge in [-0.05, 0) is 55.2 Å². The minimum Gasteiger partial charge on any atom is -0.352 e. The van der Waals surface area contributed by atoms with Gasteiger partial charge in [0, 0.05) is 22.6 Å². The Balaban J connectivity index is 2.35. The fraction of sp³-hybridized carbons (Fsp3) is 0.391. The zero-order valence-corrected chi connectivity index (χ0v) is 20.7. The van der Waals surface area contributed by atoms with Crippen molar-refractivity contribution in [3.63, 3.8) is 0 Å². The zero-order chi connectivity index (χ0) is 23.1. The van der Waals surface area contributed by atoms with Crippen LogP contribution in [0.1, 0.15) is 44.7 Å². The highest BCUT2D eigenvalue weighted by atomic mass is 35.5. The maximum Gasteiger partial charge on any atom is 0.243 e. The summed E-state index contributed by atoms with van der Waals surface area (Å²) >= 11 is 24.4. The topological polar surface area (TPSA) is 49.4 Å². The van der Waals surface area contributed by atoms with Crippen LogP contribution in [0, 0.1) is 0 Å². The van der Waals surface area contributed by atoms with E-state index in [0.717, 1.165) is 12.0 Å². The number of rotatable bonds is 9. The molecular formula is C23H26Cl4N2O2. The Morgan fingerprint density at radius 3 is 2.23 bits per heavy atom. The molecule has 2 atom stereocenters. The van der Waals surface area contributed by atoms with Crippen molar-refractivity contribution in [2.75, 3.05) is 0 Å². The van der Waals surface area contributed by atoms with Gasteiger partial charge in [0.1, 0.15) is 6.04 Å². The molecule has 4 nitrogen and oxygen atoms in total. The lowest BCUT2D eigenvalue weighted by Crippen LogP contribution is -2.51. The van der Waals surface area contributed by atoms with E-state index in [4.69, 9.17) is 46.4 Å². The lowest BCUT2D eigenvalue weighted by atomic mass is 10.1. The molecule has 8 heteroatoms. The maximum atomic E-state index is 13.4. The molecule has 0 radical (unpaired) electrons. The van der Waals surface area contributed by atoms with Crippen LogP contribution < -0.4 is 5.32 Å². The Morgan fingerprint density at radius 2 is 1.65 bits per heavy atom. The second-order valence-electron chi connectivity index (χ2n) is 7.42. The van der Waals surface area contributed by atoms with Crippen LogP contribution in [0.4, 0.5) is 0 Å². The number of halogens is 4. The highest BCUT2D eigenvalue weighted by Crippen LogP contribution is 2.26. The van der Waals surface area contributed by atoms with Gasteiger partial charge in [0.05, 0.1) is 16.5 Å². The molecule has 0 bridgehead atoms. The molecule has 2 unspecified atom stereocenters. The molecule has 2 rings (SSSR count). The average molecular weight is 504 g/mol. The predicted molar refractivity (Wildman–Crippen MR) is 129 cm³/mol. The van der Waals surface area contributed by atoms with Crippen molar-refractivity contribution in [2.24, 2.45) is 0 Å². The molecule has 0 spiro atoms. The molecule has 168 valence electrons. The molecule has 0 aromatic heterocycles. The summed E-state index contributed by atoms with van der Waals surface area (Å²) < 4.78 is 0. The molecule has 0 aliphatic rings. The molecule has 1 N–H and O–H groups in total. The summed E-state index contributed by atoms with van der Waals surface area (Å²) in [7, 11) is 0. The number of hydrogen-bond acceptors (Lipinski definition) is 2. The van der Waals surface area contributed by atoms with E-state index in [2.05, 4.69) is 5.32 Å². The summed E-state index contributed by atoms with van der Waals surface area (Å²) in [6.07, 6.45) is 1.30. The molecule has 2 amide bonds. The Morgan fingerprint density at radius 1 is 0.935 bits per heavy atom. The largest absolute Gasteiger partial charge is 0.352 e. The van der Waals surface area contributed by atoms with Crippen molar-refractivity contribution in [3.8, 4) is 0 Å². The molecule has 0 saturated carbocycles.